The lowest BCUT2D eigenvalue weighted by molar-refractivity contribution is -0.150. The van der Waals surface area contributed by atoms with Crippen LogP contribution in [0.1, 0.15) is 174 Å². The van der Waals surface area contributed by atoms with Gasteiger partial charge in [-0.2, -0.15) is 0 Å². The number of allylic oxidation sites excluding steroid dienone is 8. The molecule has 4 heteroatoms. The van der Waals surface area contributed by atoms with E-state index in [1.165, 1.54) is 57.8 Å². The monoisotopic (exact) mass is 586 g/mol. The van der Waals surface area contributed by atoms with Gasteiger partial charge in [-0.25, -0.2) is 0 Å². The summed E-state index contributed by atoms with van der Waals surface area (Å²) in [7, 11) is 0. The molecule has 1 atom stereocenters. The number of carboxylic acid groups (broad SMARTS) is 1. The van der Waals surface area contributed by atoms with E-state index >= 15 is 0 Å². The van der Waals surface area contributed by atoms with Gasteiger partial charge < -0.3 is 9.84 Å². The molecule has 0 aromatic heterocycles. The maximum absolute atomic E-state index is 12.4. The van der Waals surface area contributed by atoms with E-state index in [4.69, 9.17) is 9.84 Å². The molecule has 0 aliphatic carbocycles. The van der Waals surface area contributed by atoms with Crippen molar-refractivity contribution in [1.82, 2.24) is 0 Å². The first-order valence-corrected chi connectivity index (χ1v) is 17.6. The smallest absolute Gasteiger partial charge is 0.306 e. The molecule has 1 unspecified atom stereocenters. The summed E-state index contributed by atoms with van der Waals surface area (Å²) in [4.78, 5) is 22.9. The molecular weight excluding hydrogens is 520 g/mol. The van der Waals surface area contributed by atoms with E-state index in [9.17, 15) is 9.59 Å². The largest absolute Gasteiger partial charge is 0.481 e. The van der Waals surface area contributed by atoms with Crippen LogP contribution < -0.4 is 0 Å². The fraction of sp³-hybridized carbons (Fsp3) is 0.737. The van der Waals surface area contributed by atoms with Crippen molar-refractivity contribution in [2.24, 2.45) is 0 Å². The molecule has 0 aliphatic rings. The van der Waals surface area contributed by atoms with Crippen LogP contribution in [0.15, 0.2) is 48.6 Å². The Labute approximate surface area is 260 Å². The van der Waals surface area contributed by atoms with E-state index in [-0.39, 0.29) is 12.1 Å². The summed E-state index contributed by atoms with van der Waals surface area (Å²) in [6.07, 6.45) is 44.5. The third kappa shape index (κ3) is 32.4. The van der Waals surface area contributed by atoms with Crippen molar-refractivity contribution in [2.45, 2.75) is 180 Å². The fourth-order valence-electron chi connectivity index (χ4n) is 4.98. The van der Waals surface area contributed by atoms with Crippen LogP contribution in [-0.4, -0.2) is 23.1 Å². The lowest BCUT2D eigenvalue weighted by atomic mass is 10.0. The van der Waals surface area contributed by atoms with Crippen LogP contribution in [-0.2, 0) is 14.3 Å². The molecule has 4 nitrogen and oxygen atoms in total. The van der Waals surface area contributed by atoms with Gasteiger partial charge in [-0.3, -0.25) is 9.59 Å². The summed E-state index contributed by atoms with van der Waals surface area (Å²) in [6.45, 7) is 4.36. The van der Waals surface area contributed by atoms with Crippen molar-refractivity contribution >= 4 is 11.9 Å². The molecule has 1 N–H and O–H groups in total. The molecule has 0 saturated heterocycles. The highest BCUT2D eigenvalue weighted by Crippen LogP contribution is 2.17. The third-order valence-corrected chi connectivity index (χ3v) is 7.57. The van der Waals surface area contributed by atoms with Gasteiger partial charge >= 0.3 is 11.9 Å². The summed E-state index contributed by atoms with van der Waals surface area (Å²) in [5.74, 6) is -0.685. The highest BCUT2D eigenvalue weighted by atomic mass is 16.5. The number of carboxylic acids is 1. The molecule has 0 saturated carbocycles. The Kier molecular flexibility index (Phi) is 31.7. The Hall–Kier alpha value is -2.10. The number of hydrogen-bond acceptors (Lipinski definition) is 3. The number of esters is 1. The van der Waals surface area contributed by atoms with E-state index in [1.807, 2.05) is 0 Å². The number of rotatable bonds is 31. The zero-order valence-electron chi connectivity index (χ0n) is 27.5. The summed E-state index contributed by atoms with van der Waals surface area (Å²) in [5.41, 5.74) is 0. The molecule has 0 aromatic rings. The Balaban J connectivity index is 3.76. The van der Waals surface area contributed by atoms with E-state index < -0.39 is 5.97 Å². The van der Waals surface area contributed by atoms with E-state index in [2.05, 4.69) is 62.5 Å². The van der Waals surface area contributed by atoms with Crippen LogP contribution in [0, 0.1) is 0 Å². The standard InChI is InChI=1S/C38H66O4/c1-3-5-7-8-9-10-11-12-13-14-19-22-25-28-31-35-38(41)42-36(32-6-4-2)33-29-26-23-20-17-15-16-18-21-24-27-30-34-37(39)40/h5,7,9-10,12-13,19,22,36H,3-4,6,8,11,14-18,20-21,23-35H2,1-2H3,(H,39,40)/b7-5-,10-9-,13-12-,22-19-. The summed E-state index contributed by atoms with van der Waals surface area (Å²) >= 11 is 0. The van der Waals surface area contributed by atoms with Gasteiger partial charge in [0, 0.05) is 12.8 Å². The van der Waals surface area contributed by atoms with Crippen molar-refractivity contribution < 1.29 is 19.4 Å². The second-order valence-corrected chi connectivity index (χ2v) is 11.7. The summed E-state index contributed by atoms with van der Waals surface area (Å²) in [5, 5.41) is 8.66. The fourth-order valence-corrected chi connectivity index (χ4v) is 4.98. The topological polar surface area (TPSA) is 63.6 Å². The van der Waals surface area contributed by atoms with E-state index in [1.54, 1.807) is 0 Å². The van der Waals surface area contributed by atoms with E-state index in [0.29, 0.717) is 12.8 Å². The number of carbonyl (C=O) groups excluding carboxylic acids is 1. The maximum Gasteiger partial charge on any atom is 0.306 e. The van der Waals surface area contributed by atoms with Gasteiger partial charge in [0.25, 0.3) is 0 Å². The summed E-state index contributed by atoms with van der Waals surface area (Å²) < 4.78 is 5.89. The predicted molar refractivity (Wildman–Crippen MR) is 181 cm³/mol. The van der Waals surface area contributed by atoms with Gasteiger partial charge in [-0.1, -0.05) is 140 Å². The average molecular weight is 587 g/mol. The Morgan fingerprint density at radius 1 is 0.548 bits per heavy atom. The van der Waals surface area contributed by atoms with Crippen molar-refractivity contribution in [1.29, 1.82) is 0 Å². The zero-order chi connectivity index (χ0) is 30.8. The second kappa shape index (κ2) is 33.4. The van der Waals surface area contributed by atoms with Crippen LogP contribution in [0.25, 0.3) is 0 Å². The molecule has 0 rings (SSSR count). The minimum absolute atomic E-state index is 0.0110. The molecular formula is C38H66O4. The van der Waals surface area contributed by atoms with Crippen molar-refractivity contribution in [3.8, 4) is 0 Å². The van der Waals surface area contributed by atoms with Crippen LogP contribution in [0.4, 0.5) is 0 Å². The number of carbonyl (C=O) groups is 2. The minimum atomic E-state index is -0.674. The van der Waals surface area contributed by atoms with Gasteiger partial charge in [0.1, 0.15) is 6.10 Å². The zero-order valence-corrected chi connectivity index (χ0v) is 27.5. The molecule has 0 amide bonds. The molecule has 0 fully saturated rings. The maximum atomic E-state index is 12.4. The normalized spacial score (nSPS) is 12.8. The molecule has 0 heterocycles. The molecule has 0 aromatic carbocycles. The number of unbranched alkanes of at least 4 members (excludes halogenated alkanes) is 14. The molecule has 242 valence electrons. The van der Waals surface area contributed by atoms with Gasteiger partial charge in [0.15, 0.2) is 0 Å². The Bertz CT molecular complexity index is 719. The lowest BCUT2D eigenvalue weighted by Gasteiger charge is -2.18. The van der Waals surface area contributed by atoms with Crippen LogP contribution >= 0.6 is 0 Å². The molecule has 0 bridgehead atoms. The third-order valence-electron chi connectivity index (χ3n) is 7.57. The van der Waals surface area contributed by atoms with Crippen molar-refractivity contribution in [2.75, 3.05) is 0 Å². The van der Waals surface area contributed by atoms with Gasteiger partial charge in [-0.15, -0.1) is 0 Å². The van der Waals surface area contributed by atoms with Gasteiger partial charge in [0.05, 0.1) is 0 Å². The molecule has 0 aliphatic heterocycles. The second-order valence-electron chi connectivity index (χ2n) is 11.7. The average Bonchev–Trinajstić information content (AvgIpc) is 2.97. The SMILES string of the molecule is CC/C=C\C/C=C\C/C=C\C/C=C\CCCCC(=O)OC(CCCC)CCCCCCCCCCCCCCC(=O)O. The number of aliphatic carboxylic acids is 1. The van der Waals surface area contributed by atoms with Crippen molar-refractivity contribution in [3.05, 3.63) is 48.6 Å². The Morgan fingerprint density at radius 3 is 1.52 bits per heavy atom. The van der Waals surface area contributed by atoms with E-state index in [0.717, 1.165) is 89.9 Å². The first kappa shape index (κ1) is 39.9. The minimum Gasteiger partial charge on any atom is -0.481 e. The first-order valence-electron chi connectivity index (χ1n) is 17.6. The number of hydrogen-bond donors (Lipinski definition) is 1. The summed E-state index contributed by atoms with van der Waals surface area (Å²) in [6, 6.07) is 0. The highest BCUT2D eigenvalue weighted by Gasteiger charge is 2.13. The first-order chi connectivity index (χ1) is 20.6. The molecule has 0 spiro atoms. The van der Waals surface area contributed by atoms with Gasteiger partial charge in [0.2, 0.25) is 0 Å². The van der Waals surface area contributed by atoms with Crippen molar-refractivity contribution in [3.63, 3.8) is 0 Å². The Morgan fingerprint density at radius 2 is 1.00 bits per heavy atom. The van der Waals surface area contributed by atoms with Crippen LogP contribution in [0.5, 0.6) is 0 Å². The molecule has 0 radical (unpaired) electrons. The van der Waals surface area contributed by atoms with Crippen LogP contribution in [0.2, 0.25) is 0 Å². The predicted octanol–water partition coefficient (Wildman–Crippen LogP) is 12.0. The highest BCUT2D eigenvalue weighted by molar-refractivity contribution is 5.69. The quantitative estimate of drug-likeness (QED) is 0.0498. The van der Waals surface area contributed by atoms with Gasteiger partial charge in [-0.05, 0) is 70.6 Å². The number of ether oxygens (including phenoxy) is 1. The lowest BCUT2D eigenvalue weighted by Crippen LogP contribution is -2.18. The van der Waals surface area contributed by atoms with Crippen LogP contribution in [0.3, 0.4) is 0 Å². The molecule has 42 heavy (non-hydrogen) atoms.